The van der Waals surface area contributed by atoms with Crippen molar-refractivity contribution in [2.75, 3.05) is 7.11 Å². The third kappa shape index (κ3) is 2.51. The van der Waals surface area contributed by atoms with Crippen LogP contribution < -0.4 is 4.74 Å². The molecule has 0 saturated heterocycles. The summed E-state index contributed by atoms with van der Waals surface area (Å²) in [5.74, 6) is 0.601. The van der Waals surface area contributed by atoms with Gasteiger partial charge in [0, 0.05) is 6.20 Å². The Morgan fingerprint density at radius 1 is 1.22 bits per heavy atom. The number of hydrogen-bond acceptors (Lipinski definition) is 3. The fourth-order valence-corrected chi connectivity index (χ4v) is 1.87. The lowest BCUT2D eigenvalue weighted by Gasteiger charge is -2.14. The fourth-order valence-electron chi connectivity index (χ4n) is 1.87. The highest BCUT2D eigenvalue weighted by atomic mass is 16.5. The van der Waals surface area contributed by atoms with Crippen LogP contribution in [0.1, 0.15) is 29.8 Å². The third-order valence-corrected chi connectivity index (χ3v) is 2.98. The van der Waals surface area contributed by atoms with Gasteiger partial charge in [0.15, 0.2) is 0 Å². The van der Waals surface area contributed by atoms with E-state index in [4.69, 9.17) is 4.74 Å². The first-order chi connectivity index (χ1) is 8.76. The highest BCUT2D eigenvalue weighted by Crippen LogP contribution is 2.27. The Morgan fingerprint density at radius 3 is 2.56 bits per heavy atom. The molecule has 2 rings (SSSR count). The van der Waals surface area contributed by atoms with E-state index < -0.39 is 6.10 Å². The Bertz CT molecular complexity index is 508. The summed E-state index contributed by atoms with van der Waals surface area (Å²) in [6.45, 7) is 2.10. The van der Waals surface area contributed by atoms with Crippen molar-refractivity contribution < 1.29 is 9.84 Å². The first-order valence-electron chi connectivity index (χ1n) is 6.02. The molecule has 0 saturated carbocycles. The minimum atomic E-state index is -0.757. The van der Waals surface area contributed by atoms with E-state index in [1.54, 1.807) is 25.4 Å². The lowest BCUT2D eigenvalue weighted by molar-refractivity contribution is 0.209. The molecule has 1 heterocycles. The molecule has 1 aromatic carbocycles. The van der Waals surface area contributed by atoms with E-state index in [1.807, 2.05) is 24.3 Å². The lowest BCUT2D eigenvalue weighted by atomic mass is 10.0. The molecule has 0 fully saturated rings. The zero-order chi connectivity index (χ0) is 13.0. The summed E-state index contributed by atoms with van der Waals surface area (Å²) >= 11 is 0. The zero-order valence-electron chi connectivity index (χ0n) is 10.6. The number of ether oxygens (including phenoxy) is 1. The maximum atomic E-state index is 10.3. The SMILES string of the molecule is CCc1ccc(C(O)c2ncccc2OC)cc1. The van der Waals surface area contributed by atoms with Gasteiger partial charge < -0.3 is 9.84 Å². The van der Waals surface area contributed by atoms with Gasteiger partial charge in [0.2, 0.25) is 0 Å². The first kappa shape index (κ1) is 12.6. The van der Waals surface area contributed by atoms with Gasteiger partial charge in [-0.15, -0.1) is 0 Å². The molecule has 0 bridgehead atoms. The molecule has 0 aliphatic carbocycles. The van der Waals surface area contributed by atoms with Gasteiger partial charge in [0.25, 0.3) is 0 Å². The Balaban J connectivity index is 2.31. The van der Waals surface area contributed by atoms with Crippen molar-refractivity contribution in [2.24, 2.45) is 0 Å². The molecule has 94 valence electrons. The van der Waals surface area contributed by atoms with E-state index in [2.05, 4.69) is 11.9 Å². The molecule has 1 unspecified atom stereocenters. The molecule has 1 N–H and O–H groups in total. The van der Waals surface area contributed by atoms with Crippen molar-refractivity contribution in [3.63, 3.8) is 0 Å². The van der Waals surface area contributed by atoms with Crippen LogP contribution in [-0.4, -0.2) is 17.2 Å². The molecule has 3 heteroatoms. The van der Waals surface area contributed by atoms with Gasteiger partial charge in [-0.1, -0.05) is 31.2 Å². The van der Waals surface area contributed by atoms with Gasteiger partial charge in [-0.05, 0) is 29.7 Å². The molecule has 0 amide bonds. The highest BCUT2D eigenvalue weighted by Gasteiger charge is 2.16. The molecule has 3 nitrogen and oxygen atoms in total. The predicted molar refractivity (Wildman–Crippen MR) is 70.7 cm³/mol. The molecule has 0 aliphatic heterocycles. The number of rotatable bonds is 4. The smallest absolute Gasteiger partial charge is 0.143 e. The maximum Gasteiger partial charge on any atom is 0.143 e. The number of aliphatic hydroxyl groups is 1. The third-order valence-electron chi connectivity index (χ3n) is 2.98. The molecule has 18 heavy (non-hydrogen) atoms. The number of aliphatic hydroxyl groups excluding tert-OH is 1. The van der Waals surface area contributed by atoms with Gasteiger partial charge in [-0.2, -0.15) is 0 Å². The zero-order valence-corrected chi connectivity index (χ0v) is 10.6. The van der Waals surface area contributed by atoms with Crippen molar-refractivity contribution in [2.45, 2.75) is 19.4 Å². The number of benzene rings is 1. The average Bonchev–Trinajstić information content (AvgIpc) is 2.46. The second-order valence-electron chi connectivity index (χ2n) is 4.09. The molecule has 1 atom stereocenters. The normalized spacial score (nSPS) is 12.2. The quantitative estimate of drug-likeness (QED) is 0.897. The van der Waals surface area contributed by atoms with Crippen LogP contribution in [0.15, 0.2) is 42.6 Å². The number of methoxy groups -OCH3 is 1. The predicted octanol–water partition coefficient (Wildman–Crippen LogP) is 2.73. The largest absolute Gasteiger partial charge is 0.495 e. The van der Waals surface area contributed by atoms with E-state index >= 15 is 0 Å². The Kier molecular flexibility index (Phi) is 3.95. The van der Waals surface area contributed by atoms with Crippen LogP contribution in [0.5, 0.6) is 5.75 Å². The lowest BCUT2D eigenvalue weighted by Crippen LogP contribution is -2.04. The summed E-state index contributed by atoms with van der Waals surface area (Å²) < 4.78 is 5.21. The molecule has 0 aliphatic rings. The molecular formula is C15H17NO2. The van der Waals surface area contributed by atoms with Crippen molar-refractivity contribution in [1.29, 1.82) is 0 Å². The number of pyridine rings is 1. The molecule has 1 aromatic heterocycles. The molecular weight excluding hydrogens is 226 g/mol. The Hall–Kier alpha value is -1.87. The van der Waals surface area contributed by atoms with Crippen molar-refractivity contribution >= 4 is 0 Å². The first-order valence-corrected chi connectivity index (χ1v) is 6.02. The van der Waals surface area contributed by atoms with E-state index in [-0.39, 0.29) is 0 Å². The van der Waals surface area contributed by atoms with Crippen molar-refractivity contribution in [3.8, 4) is 5.75 Å². The second kappa shape index (κ2) is 5.65. The van der Waals surface area contributed by atoms with Crippen LogP contribution in [0.3, 0.4) is 0 Å². The van der Waals surface area contributed by atoms with Crippen molar-refractivity contribution in [1.82, 2.24) is 4.98 Å². The van der Waals surface area contributed by atoms with Gasteiger partial charge in [-0.3, -0.25) is 4.98 Å². The van der Waals surface area contributed by atoms with Crippen LogP contribution in [0.4, 0.5) is 0 Å². The van der Waals surface area contributed by atoms with Gasteiger partial charge >= 0.3 is 0 Å². The summed E-state index contributed by atoms with van der Waals surface area (Å²) in [6.07, 6.45) is 1.89. The van der Waals surface area contributed by atoms with Crippen molar-refractivity contribution in [3.05, 3.63) is 59.4 Å². The van der Waals surface area contributed by atoms with Crippen LogP contribution in [0.25, 0.3) is 0 Å². The number of aromatic nitrogens is 1. The topological polar surface area (TPSA) is 42.4 Å². The minimum Gasteiger partial charge on any atom is -0.495 e. The summed E-state index contributed by atoms with van der Waals surface area (Å²) in [5.41, 5.74) is 2.62. The monoisotopic (exact) mass is 243 g/mol. The maximum absolute atomic E-state index is 10.3. The van der Waals surface area contributed by atoms with Crippen LogP contribution in [0.2, 0.25) is 0 Å². The molecule has 0 spiro atoms. The van der Waals surface area contributed by atoms with Gasteiger partial charge in [0.05, 0.1) is 7.11 Å². The Morgan fingerprint density at radius 2 is 1.94 bits per heavy atom. The number of aryl methyl sites for hydroxylation is 1. The Labute approximate surface area is 107 Å². The summed E-state index contributed by atoms with van der Waals surface area (Å²) in [7, 11) is 1.58. The number of hydrogen-bond donors (Lipinski definition) is 1. The standard InChI is InChI=1S/C15H17NO2/c1-3-11-6-8-12(9-7-11)15(17)14-13(18-2)5-4-10-16-14/h4-10,15,17H,3H2,1-2H3. The summed E-state index contributed by atoms with van der Waals surface area (Å²) in [4.78, 5) is 4.19. The fraction of sp³-hybridized carbons (Fsp3) is 0.267. The summed E-state index contributed by atoms with van der Waals surface area (Å²) in [6, 6.07) is 11.5. The number of nitrogens with zero attached hydrogens (tertiary/aromatic N) is 1. The highest BCUT2D eigenvalue weighted by molar-refractivity contribution is 5.36. The van der Waals surface area contributed by atoms with Gasteiger partial charge in [-0.25, -0.2) is 0 Å². The van der Waals surface area contributed by atoms with Gasteiger partial charge in [0.1, 0.15) is 17.5 Å². The molecule has 2 aromatic rings. The van der Waals surface area contributed by atoms with E-state index in [0.29, 0.717) is 11.4 Å². The minimum absolute atomic E-state index is 0.546. The average molecular weight is 243 g/mol. The van der Waals surface area contributed by atoms with E-state index in [1.165, 1.54) is 5.56 Å². The van der Waals surface area contributed by atoms with E-state index in [0.717, 1.165) is 12.0 Å². The second-order valence-corrected chi connectivity index (χ2v) is 4.09. The van der Waals surface area contributed by atoms with Crippen LogP contribution in [-0.2, 0) is 6.42 Å². The van der Waals surface area contributed by atoms with E-state index in [9.17, 15) is 5.11 Å². The summed E-state index contributed by atoms with van der Waals surface area (Å²) in [5, 5.41) is 10.3. The van der Waals surface area contributed by atoms with Crippen LogP contribution in [0, 0.1) is 0 Å². The molecule has 0 radical (unpaired) electrons. The van der Waals surface area contributed by atoms with Crippen LogP contribution >= 0.6 is 0 Å².